The Hall–Kier alpha value is -0.570. The second kappa shape index (κ2) is 4.45. The van der Waals surface area contributed by atoms with Crippen LogP contribution in [0.2, 0.25) is 0 Å². The van der Waals surface area contributed by atoms with E-state index < -0.39 is 0 Å². The zero-order valence-electron chi connectivity index (χ0n) is 7.80. The zero-order valence-corrected chi connectivity index (χ0v) is 7.80. The van der Waals surface area contributed by atoms with E-state index in [1.807, 2.05) is 6.92 Å². The summed E-state index contributed by atoms with van der Waals surface area (Å²) in [6.45, 7) is 4.42. The Balaban J connectivity index is 2.35. The van der Waals surface area contributed by atoms with Gasteiger partial charge in [0.2, 0.25) is 0 Å². The fourth-order valence-electron chi connectivity index (χ4n) is 1.57. The number of piperidine rings is 1. The van der Waals surface area contributed by atoms with Gasteiger partial charge in [0.25, 0.3) is 0 Å². The third-order valence-electron chi connectivity index (χ3n) is 2.19. The number of hydrogen-bond donors (Lipinski definition) is 1. The van der Waals surface area contributed by atoms with Gasteiger partial charge in [-0.1, -0.05) is 0 Å². The lowest BCUT2D eigenvalue weighted by Gasteiger charge is -2.26. The summed E-state index contributed by atoms with van der Waals surface area (Å²) in [6.07, 6.45) is 3.21. The molecular weight excluding hydrogens is 154 g/mol. The molecule has 0 unspecified atom stereocenters. The van der Waals surface area contributed by atoms with Gasteiger partial charge in [-0.3, -0.25) is 4.79 Å². The smallest absolute Gasteiger partial charge is 0.323 e. The lowest BCUT2D eigenvalue weighted by atomic mass is 10.00. The summed E-state index contributed by atoms with van der Waals surface area (Å²) in [5.74, 6) is -0.0935. The van der Waals surface area contributed by atoms with Crippen LogP contribution in [0.15, 0.2) is 0 Å². The summed E-state index contributed by atoms with van der Waals surface area (Å²) in [5.41, 5.74) is 0. The van der Waals surface area contributed by atoms with Crippen molar-refractivity contribution in [3.8, 4) is 0 Å². The van der Waals surface area contributed by atoms with Crippen molar-refractivity contribution in [1.29, 1.82) is 0 Å². The van der Waals surface area contributed by atoms with Crippen molar-refractivity contribution >= 4 is 5.97 Å². The molecule has 0 amide bonds. The number of rotatable bonds is 2. The van der Waals surface area contributed by atoms with Gasteiger partial charge in [0, 0.05) is 6.04 Å². The molecule has 0 aliphatic carbocycles. The normalized spacial score (nSPS) is 29.8. The summed E-state index contributed by atoms with van der Waals surface area (Å²) < 4.78 is 4.93. The third kappa shape index (κ3) is 2.48. The summed E-state index contributed by atoms with van der Waals surface area (Å²) >= 11 is 0. The van der Waals surface area contributed by atoms with Crippen LogP contribution < -0.4 is 5.32 Å². The Labute approximate surface area is 73.5 Å². The van der Waals surface area contributed by atoms with Crippen molar-refractivity contribution in [2.45, 2.75) is 45.2 Å². The van der Waals surface area contributed by atoms with E-state index in [4.69, 9.17) is 4.74 Å². The first-order chi connectivity index (χ1) is 5.74. The van der Waals surface area contributed by atoms with Crippen LogP contribution >= 0.6 is 0 Å². The van der Waals surface area contributed by atoms with Gasteiger partial charge in [0.05, 0.1) is 6.61 Å². The summed E-state index contributed by atoms with van der Waals surface area (Å²) in [7, 11) is 0. The zero-order chi connectivity index (χ0) is 8.97. The van der Waals surface area contributed by atoms with Gasteiger partial charge in [0.15, 0.2) is 0 Å². The first-order valence-electron chi connectivity index (χ1n) is 4.66. The van der Waals surface area contributed by atoms with Gasteiger partial charge < -0.3 is 10.1 Å². The minimum Gasteiger partial charge on any atom is -0.465 e. The number of ether oxygens (including phenoxy) is 1. The molecule has 1 heterocycles. The molecule has 0 bridgehead atoms. The maximum Gasteiger partial charge on any atom is 0.323 e. The summed E-state index contributed by atoms with van der Waals surface area (Å²) in [5, 5.41) is 3.23. The fraction of sp³-hybridized carbons (Fsp3) is 0.889. The minimum absolute atomic E-state index is 0.0614. The van der Waals surface area contributed by atoms with E-state index in [0.29, 0.717) is 12.6 Å². The second-order valence-electron chi connectivity index (χ2n) is 3.30. The number of carbonyl (C=O) groups excluding carboxylic acids is 1. The highest BCUT2D eigenvalue weighted by Crippen LogP contribution is 2.12. The maximum absolute atomic E-state index is 11.3. The van der Waals surface area contributed by atoms with E-state index in [1.165, 1.54) is 0 Å². The van der Waals surface area contributed by atoms with Crippen LogP contribution in [0.5, 0.6) is 0 Å². The van der Waals surface area contributed by atoms with Crippen LogP contribution in [0.3, 0.4) is 0 Å². The van der Waals surface area contributed by atoms with Crippen molar-refractivity contribution in [2.24, 2.45) is 0 Å². The van der Waals surface area contributed by atoms with E-state index >= 15 is 0 Å². The second-order valence-corrected chi connectivity index (χ2v) is 3.30. The van der Waals surface area contributed by atoms with E-state index in [-0.39, 0.29) is 12.0 Å². The van der Waals surface area contributed by atoms with Gasteiger partial charge in [-0.15, -0.1) is 0 Å². The number of carbonyl (C=O) groups is 1. The van der Waals surface area contributed by atoms with E-state index in [1.54, 1.807) is 0 Å². The predicted molar refractivity (Wildman–Crippen MR) is 46.9 cm³/mol. The van der Waals surface area contributed by atoms with E-state index in [2.05, 4.69) is 12.2 Å². The Bertz CT molecular complexity index is 159. The van der Waals surface area contributed by atoms with Crippen molar-refractivity contribution < 1.29 is 9.53 Å². The van der Waals surface area contributed by atoms with Gasteiger partial charge in [-0.25, -0.2) is 0 Å². The molecule has 1 rings (SSSR count). The molecule has 12 heavy (non-hydrogen) atoms. The van der Waals surface area contributed by atoms with Crippen molar-refractivity contribution in [1.82, 2.24) is 5.32 Å². The molecule has 1 N–H and O–H groups in total. The van der Waals surface area contributed by atoms with Crippen molar-refractivity contribution in [2.75, 3.05) is 6.61 Å². The molecule has 1 fully saturated rings. The third-order valence-corrected chi connectivity index (χ3v) is 2.19. The number of nitrogens with one attached hydrogen (secondary N) is 1. The molecule has 0 saturated carbocycles. The molecule has 0 aromatic rings. The molecule has 1 saturated heterocycles. The molecule has 70 valence electrons. The highest BCUT2D eigenvalue weighted by Gasteiger charge is 2.24. The standard InChI is InChI=1S/C9H17NO2/c1-3-12-9(11)8-6-4-5-7(2)10-8/h7-8,10H,3-6H2,1-2H3/t7-,8+/m1/s1. The SMILES string of the molecule is CCOC(=O)[C@@H]1CCC[C@@H](C)N1. The average molecular weight is 171 g/mol. The summed E-state index contributed by atoms with van der Waals surface area (Å²) in [4.78, 5) is 11.3. The van der Waals surface area contributed by atoms with Crippen LogP contribution in [-0.2, 0) is 9.53 Å². The molecule has 2 atom stereocenters. The van der Waals surface area contributed by atoms with Gasteiger partial charge >= 0.3 is 5.97 Å². The molecular formula is C9H17NO2. The molecule has 1 aliphatic rings. The average Bonchev–Trinajstić information content (AvgIpc) is 2.05. The predicted octanol–water partition coefficient (Wildman–Crippen LogP) is 1.08. The van der Waals surface area contributed by atoms with E-state index in [0.717, 1.165) is 19.3 Å². The number of esters is 1. The molecule has 0 radical (unpaired) electrons. The highest BCUT2D eigenvalue weighted by atomic mass is 16.5. The van der Waals surface area contributed by atoms with E-state index in [9.17, 15) is 4.79 Å². The molecule has 3 heteroatoms. The highest BCUT2D eigenvalue weighted by molar-refractivity contribution is 5.75. The Kier molecular flexibility index (Phi) is 3.53. The van der Waals surface area contributed by atoms with Gasteiger partial charge in [0.1, 0.15) is 6.04 Å². The molecule has 0 aromatic heterocycles. The lowest BCUT2D eigenvalue weighted by Crippen LogP contribution is -2.46. The minimum atomic E-state index is -0.0935. The quantitative estimate of drug-likeness (QED) is 0.632. The van der Waals surface area contributed by atoms with Gasteiger partial charge in [-0.2, -0.15) is 0 Å². The van der Waals surface area contributed by atoms with Crippen LogP contribution in [0.1, 0.15) is 33.1 Å². The van der Waals surface area contributed by atoms with Crippen LogP contribution in [0.25, 0.3) is 0 Å². The molecule has 3 nitrogen and oxygen atoms in total. The molecule has 0 aromatic carbocycles. The fourth-order valence-corrected chi connectivity index (χ4v) is 1.57. The van der Waals surface area contributed by atoms with Crippen LogP contribution in [0, 0.1) is 0 Å². The Morgan fingerprint density at radius 1 is 1.58 bits per heavy atom. The topological polar surface area (TPSA) is 38.3 Å². The van der Waals surface area contributed by atoms with Crippen LogP contribution in [0.4, 0.5) is 0 Å². The van der Waals surface area contributed by atoms with Gasteiger partial charge in [-0.05, 0) is 33.1 Å². The monoisotopic (exact) mass is 171 g/mol. The van der Waals surface area contributed by atoms with Crippen molar-refractivity contribution in [3.05, 3.63) is 0 Å². The first-order valence-corrected chi connectivity index (χ1v) is 4.66. The Morgan fingerprint density at radius 2 is 2.33 bits per heavy atom. The van der Waals surface area contributed by atoms with Crippen molar-refractivity contribution in [3.63, 3.8) is 0 Å². The Morgan fingerprint density at radius 3 is 2.92 bits per heavy atom. The van der Waals surface area contributed by atoms with Crippen LogP contribution in [-0.4, -0.2) is 24.7 Å². The first kappa shape index (κ1) is 9.52. The molecule has 0 spiro atoms. The largest absolute Gasteiger partial charge is 0.465 e. The molecule has 1 aliphatic heterocycles. The lowest BCUT2D eigenvalue weighted by molar-refractivity contribution is -0.146. The maximum atomic E-state index is 11.3. The number of hydrogen-bond acceptors (Lipinski definition) is 3. The summed E-state index contributed by atoms with van der Waals surface area (Å²) in [6, 6.07) is 0.391.